The van der Waals surface area contributed by atoms with Gasteiger partial charge in [-0.3, -0.25) is 4.79 Å². The van der Waals surface area contributed by atoms with Crippen LogP contribution in [0.2, 0.25) is 0 Å². The molecule has 0 saturated heterocycles. The van der Waals surface area contributed by atoms with Crippen LogP contribution in [-0.4, -0.2) is 20.3 Å². The number of hydrogen-bond acceptors (Lipinski definition) is 2. The largest absolute Gasteiger partial charge is 0.348 e. The number of nitrogens with one attached hydrogen (secondary N) is 1. The fourth-order valence-corrected chi connectivity index (χ4v) is 3.90. The van der Waals surface area contributed by atoms with Gasteiger partial charge in [0.05, 0.1) is 12.0 Å². The number of H-pyrrole nitrogens is 1. The van der Waals surface area contributed by atoms with Crippen LogP contribution in [0.15, 0.2) is 43.2 Å². The summed E-state index contributed by atoms with van der Waals surface area (Å²) in [4.78, 5) is 20.7. The molecule has 4 nitrogen and oxygen atoms in total. The van der Waals surface area contributed by atoms with E-state index in [1.165, 1.54) is 0 Å². The number of nitrogens with zero attached hydrogens (tertiary/aromatic N) is 2. The summed E-state index contributed by atoms with van der Waals surface area (Å²) in [5.74, 6) is 0.278. The maximum atomic E-state index is 13.2. The van der Waals surface area contributed by atoms with Crippen LogP contribution in [0.25, 0.3) is 10.9 Å². The second-order valence-corrected chi connectivity index (χ2v) is 6.52. The Labute approximate surface area is 141 Å². The Morgan fingerprint density at radius 1 is 1.42 bits per heavy atom. The van der Waals surface area contributed by atoms with Crippen molar-refractivity contribution >= 4 is 16.7 Å². The van der Waals surface area contributed by atoms with Crippen LogP contribution >= 0.6 is 0 Å². The van der Waals surface area contributed by atoms with Crippen molar-refractivity contribution in [2.75, 3.05) is 0 Å². The van der Waals surface area contributed by atoms with Crippen molar-refractivity contribution < 1.29 is 4.79 Å². The number of rotatable bonds is 4. The van der Waals surface area contributed by atoms with E-state index in [-0.39, 0.29) is 11.7 Å². The molecule has 24 heavy (non-hydrogen) atoms. The summed E-state index contributed by atoms with van der Waals surface area (Å²) >= 11 is 0. The fourth-order valence-electron chi connectivity index (χ4n) is 3.90. The minimum atomic E-state index is 0.0162. The number of imidazole rings is 1. The van der Waals surface area contributed by atoms with Gasteiger partial charge in [-0.1, -0.05) is 24.3 Å². The molecule has 122 valence electrons. The first-order chi connectivity index (χ1) is 11.7. The summed E-state index contributed by atoms with van der Waals surface area (Å²) in [6, 6.07) is 8.20. The SMILES string of the molecule is C=CCn1c2c(c3ccccc31)C(=O)C(Cc1nc[nH]c1C)CC2. The van der Waals surface area contributed by atoms with Gasteiger partial charge in [0.2, 0.25) is 0 Å². The van der Waals surface area contributed by atoms with Crippen LogP contribution in [0, 0.1) is 12.8 Å². The Morgan fingerprint density at radius 2 is 2.25 bits per heavy atom. The second kappa shape index (κ2) is 5.78. The molecular formula is C20H21N3O. The average Bonchev–Trinajstić information content (AvgIpc) is 3.13. The molecule has 1 N–H and O–H groups in total. The van der Waals surface area contributed by atoms with E-state index >= 15 is 0 Å². The lowest BCUT2D eigenvalue weighted by molar-refractivity contribution is 0.0901. The Hall–Kier alpha value is -2.62. The third-order valence-corrected chi connectivity index (χ3v) is 5.11. The lowest BCUT2D eigenvalue weighted by Gasteiger charge is -2.22. The molecule has 1 aliphatic rings. The van der Waals surface area contributed by atoms with Gasteiger partial charge in [-0.2, -0.15) is 0 Å². The first-order valence-electron chi connectivity index (χ1n) is 8.44. The highest BCUT2D eigenvalue weighted by molar-refractivity contribution is 6.11. The molecule has 0 fully saturated rings. The third kappa shape index (κ3) is 2.21. The minimum absolute atomic E-state index is 0.0162. The number of fused-ring (bicyclic) bond motifs is 3. The number of para-hydroxylation sites is 1. The highest BCUT2D eigenvalue weighted by atomic mass is 16.1. The van der Waals surface area contributed by atoms with Crippen molar-refractivity contribution in [3.8, 4) is 0 Å². The first-order valence-corrected chi connectivity index (χ1v) is 8.44. The first kappa shape index (κ1) is 14.9. The molecule has 4 rings (SSSR count). The van der Waals surface area contributed by atoms with Crippen LogP contribution in [-0.2, 0) is 19.4 Å². The topological polar surface area (TPSA) is 50.7 Å². The van der Waals surface area contributed by atoms with E-state index in [9.17, 15) is 4.79 Å². The summed E-state index contributed by atoms with van der Waals surface area (Å²) in [5, 5.41) is 1.07. The molecule has 1 aromatic carbocycles. The standard InChI is InChI=1S/C20H21N3O/c1-3-10-23-17-7-5-4-6-15(17)19-18(23)9-8-14(20(19)24)11-16-13(2)21-12-22-16/h3-7,12,14H,1,8-11H2,2H3,(H,21,22). The highest BCUT2D eigenvalue weighted by Crippen LogP contribution is 2.35. The number of benzene rings is 1. The van der Waals surface area contributed by atoms with Crippen molar-refractivity contribution in [2.24, 2.45) is 5.92 Å². The monoisotopic (exact) mass is 319 g/mol. The van der Waals surface area contributed by atoms with E-state index < -0.39 is 0 Å². The third-order valence-electron chi connectivity index (χ3n) is 5.11. The van der Waals surface area contributed by atoms with Crippen molar-refractivity contribution in [3.05, 3.63) is 65.9 Å². The quantitative estimate of drug-likeness (QED) is 0.743. The number of aromatic nitrogens is 3. The molecule has 4 heteroatoms. The van der Waals surface area contributed by atoms with Crippen molar-refractivity contribution in [3.63, 3.8) is 0 Å². The van der Waals surface area contributed by atoms with E-state index in [4.69, 9.17) is 0 Å². The lowest BCUT2D eigenvalue weighted by Crippen LogP contribution is -2.25. The van der Waals surface area contributed by atoms with E-state index in [2.05, 4.69) is 33.2 Å². The van der Waals surface area contributed by atoms with Crippen molar-refractivity contribution in [1.82, 2.24) is 14.5 Å². The van der Waals surface area contributed by atoms with Gasteiger partial charge in [0.25, 0.3) is 0 Å². The molecule has 1 atom stereocenters. The summed E-state index contributed by atoms with van der Waals surface area (Å²) < 4.78 is 2.24. The molecule has 0 bridgehead atoms. The highest BCUT2D eigenvalue weighted by Gasteiger charge is 2.32. The molecule has 3 aromatic rings. The van der Waals surface area contributed by atoms with Crippen LogP contribution in [0.5, 0.6) is 0 Å². The lowest BCUT2D eigenvalue weighted by atomic mass is 9.82. The number of ketones is 1. The second-order valence-electron chi connectivity index (χ2n) is 6.52. The Bertz CT molecular complexity index is 932. The number of carbonyl (C=O) groups is 1. The van der Waals surface area contributed by atoms with Crippen LogP contribution in [0.4, 0.5) is 0 Å². The summed E-state index contributed by atoms with van der Waals surface area (Å²) in [6.45, 7) is 6.62. The van der Waals surface area contributed by atoms with Crippen LogP contribution in [0.3, 0.4) is 0 Å². The van der Waals surface area contributed by atoms with Gasteiger partial charge in [-0.25, -0.2) is 4.98 Å². The number of carbonyl (C=O) groups excluding carboxylic acids is 1. The summed E-state index contributed by atoms with van der Waals surface area (Å²) in [5.41, 5.74) is 5.27. The smallest absolute Gasteiger partial charge is 0.168 e. The van der Waals surface area contributed by atoms with Crippen LogP contribution < -0.4 is 0 Å². The number of aryl methyl sites for hydroxylation is 1. The molecule has 0 saturated carbocycles. The van der Waals surface area contributed by atoms with Gasteiger partial charge in [0.1, 0.15) is 0 Å². The Morgan fingerprint density at radius 3 is 3.00 bits per heavy atom. The van der Waals surface area contributed by atoms with Gasteiger partial charge in [0, 0.05) is 46.7 Å². The summed E-state index contributed by atoms with van der Waals surface area (Å²) in [6.07, 6.45) is 6.13. The van der Waals surface area contributed by atoms with E-state index in [1.54, 1.807) is 6.33 Å². The van der Waals surface area contributed by atoms with Gasteiger partial charge in [-0.15, -0.1) is 6.58 Å². The predicted octanol–water partition coefficient (Wildman–Crippen LogP) is 3.85. The molecule has 0 spiro atoms. The normalized spacial score (nSPS) is 17.2. The number of allylic oxidation sites excluding steroid dienone is 1. The van der Waals surface area contributed by atoms with Gasteiger partial charge in [0.15, 0.2) is 5.78 Å². The number of Topliss-reactive ketones (excluding diaryl/α,β-unsaturated/α-hetero) is 1. The van der Waals surface area contributed by atoms with Crippen molar-refractivity contribution in [2.45, 2.75) is 32.7 Å². The van der Waals surface area contributed by atoms with Crippen LogP contribution in [0.1, 0.15) is 33.9 Å². The maximum absolute atomic E-state index is 13.2. The zero-order valence-corrected chi connectivity index (χ0v) is 13.9. The Kier molecular flexibility index (Phi) is 3.60. The number of hydrogen-bond donors (Lipinski definition) is 1. The summed E-state index contributed by atoms with van der Waals surface area (Å²) in [7, 11) is 0. The molecule has 2 aromatic heterocycles. The predicted molar refractivity (Wildman–Crippen MR) is 95.3 cm³/mol. The zero-order chi connectivity index (χ0) is 16.7. The molecule has 2 heterocycles. The number of aromatic amines is 1. The zero-order valence-electron chi connectivity index (χ0n) is 13.9. The average molecular weight is 319 g/mol. The van der Waals surface area contributed by atoms with E-state index in [1.807, 2.05) is 25.1 Å². The van der Waals surface area contributed by atoms with E-state index in [0.29, 0.717) is 6.42 Å². The molecule has 0 amide bonds. The molecular weight excluding hydrogens is 298 g/mol. The van der Waals surface area contributed by atoms with Gasteiger partial charge >= 0.3 is 0 Å². The molecule has 0 aliphatic heterocycles. The molecule has 0 radical (unpaired) electrons. The van der Waals surface area contributed by atoms with E-state index in [0.717, 1.165) is 52.9 Å². The Balaban J connectivity index is 1.78. The van der Waals surface area contributed by atoms with Crippen molar-refractivity contribution in [1.29, 1.82) is 0 Å². The van der Waals surface area contributed by atoms with Gasteiger partial charge < -0.3 is 9.55 Å². The maximum Gasteiger partial charge on any atom is 0.168 e. The molecule has 1 unspecified atom stereocenters. The molecule has 1 aliphatic carbocycles. The minimum Gasteiger partial charge on any atom is -0.348 e. The fraction of sp³-hybridized carbons (Fsp3) is 0.300. The van der Waals surface area contributed by atoms with Gasteiger partial charge in [-0.05, 0) is 25.8 Å².